The van der Waals surface area contributed by atoms with Gasteiger partial charge in [0, 0.05) is 32.2 Å². The van der Waals surface area contributed by atoms with E-state index < -0.39 is 15.9 Å². The van der Waals surface area contributed by atoms with Crippen molar-refractivity contribution in [2.24, 2.45) is 0 Å². The van der Waals surface area contributed by atoms with Gasteiger partial charge in [0.15, 0.2) is 15.9 Å². The van der Waals surface area contributed by atoms with Crippen LogP contribution in [0.15, 0.2) is 36.7 Å². The van der Waals surface area contributed by atoms with Crippen LogP contribution in [0.1, 0.15) is 18.0 Å². The molecule has 2 aliphatic rings. The van der Waals surface area contributed by atoms with E-state index in [-0.39, 0.29) is 23.5 Å². The predicted octanol–water partition coefficient (Wildman–Crippen LogP) is -0.406. The number of tetrazole rings is 1. The molecule has 0 aliphatic carbocycles. The number of sulfone groups is 1. The second kappa shape index (κ2) is 7.35. The van der Waals surface area contributed by atoms with Crippen LogP contribution in [0.25, 0.3) is 0 Å². The minimum Gasteiger partial charge on any atom is -0.338 e. The molecule has 0 saturated carbocycles. The molecule has 10 heteroatoms. The van der Waals surface area contributed by atoms with Crippen molar-refractivity contribution in [2.75, 3.05) is 37.7 Å². The Morgan fingerprint density at radius 2 is 1.85 bits per heavy atom. The topological polar surface area (TPSA) is 101 Å². The van der Waals surface area contributed by atoms with E-state index in [1.807, 2.05) is 35.2 Å². The van der Waals surface area contributed by atoms with E-state index in [1.165, 1.54) is 11.0 Å². The van der Waals surface area contributed by atoms with Gasteiger partial charge in [-0.15, -0.1) is 5.10 Å². The van der Waals surface area contributed by atoms with Gasteiger partial charge >= 0.3 is 0 Å². The minimum absolute atomic E-state index is 0.0489. The number of piperazine rings is 1. The van der Waals surface area contributed by atoms with Crippen molar-refractivity contribution in [3.63, 3.8) is 0 Å². The van der Waals surface area contributed by atoms with Crippen molar-refractivity contribution in [3.8, 4) is 0 Å². The fourth-order valence-corrected chi connectivity index (χ4v) is 5.64. The van der Waals surface area contributed by atoms with Crippen LogP contribution < -0.4 is 0 Å². The maximum atomic E-state index is 13.2. The highest BCUT2D eigenvalue weighted by atomic mass is 32.2. The summed E-state index contributed by atoms with van der Waals surface area (Å²) in [6.45, 7) is 2.51. The van der Waals surface area contributed by atoms with E-state index in [0.29, 0.717) is 32.6 Å². The molecule has 1 aromatic heterocycles. The summed E-state index contributed by atoms with van der Waals surface area (Å²) in [6.07, 6.45) is 2.14. The molecule has 2 fully saturated rings. The van der Waals surface area contributed by atoms with Crippen LogP contribution in [-0.4, -0.2) is 88.1 Å². The lowest BCUT2D eigenvalue weighted by Crippen LogP contribution is -2.53. The number of nitrogens with zero attached hydrogens (tertiary/aromatic N) is 6. The molecule has 0 spiro atoms. The van der Waals surface area contributed by atoms with Gasteiger partial charge in [-0.1, -0.05) is 30.3 Å². The zero-order valence-corrected chi connectivity index (χ0v) is 15.7. The Morgan fingerprint density at radius 1 is 1.11 bits per heavy atom. The first-order valence-electron chi connectivity index (χ1n) is 9.04. The Balaban J connectivity index is 1.46. The largest absolute Gasteiger partial charge is 0.338 e. The summed E-state index contributed by atoms with van der Waals surface area (Å²) in [5, 5.41) is 11.3. The van der Waals surface area contributed by atoms with E-state index in [4.69, 9.17) is 0 Å². The summed E-state index contributed by atoms with van der Waals surface area (Å²) < 4.78 is 24.9. The summed E-state index contributed by atoms with van der Waals surface area (Å²) in [5.41, 5.74) is 0.833. The lowest BCUT2D eigenvalue weighted by atomic mass is 10.1. The van der Waals surface area contributed by atoms with E-state index in [1.54, 1.807) is 0 Å². The monoisotopic (exact) mass is 390 g/mol. The number of amides is 1. The first-order chi connectivity index (χ1) is 13.0. The molecule has 2 aromatic rings. The SMILES string of the molecule is O=C([C@H](c1ccccc1)n1cnnn1)N1CCN([C@H]2CCS(=O)(=O)C2)CC1. The maximum absolute atomic E-state index is 13.2. The molecule has 0 unspecified atom stereocenters. The van der Waals surface area contributed by atoms with Gasteiger partial charge in [-0.2, -0.15) is 0 Å². The molecule has 2 saturated heterocycles. The van der Waals surface area contributed by atoms with E-state index in [2.05, 4.69) is 20.4 Å². The van der Waals surface area contributed by atoms with Crippen LogP contribution >= 0.6 is 0 Å². The molecule has 2 aliphatic heterocycles. The number of hydrogen-bond acceptors (Lipinski definition) is 7. The molecule has 2 atom stereocenters. The molecule has 9 nitrogen and oxygen atoms in total. The van der Waals surface area contributed by atoms with Gasteiger partial charge < -0.3 is 4.90 Å². The second-order valence-corrected chi connectivity index (χ2v) is 9.25. The molecular weight excluding hydrogens is 368 g/mol. The molecule has 0 radical (unpaired) electrons. The fraction of sp³-hybridized carbons (Fsp3) is 0.529. The minimum atomic E-state index is -2.90. The Morgan fingerprint density at radius 3 is 2.44 bits per heavy atom. The van der Waals surface area contributed by atoms with Crippen LogP contribution in [0.3, 0.4) is 0 Å². The van der Waals surface area contributed by atoms with Crippen LogP contribution in [-0.2, 0) is 14.6 Å². The zero-order valence-electron chi connectivity index (χ0n) is 14.9. The Kier molecular flexibility index (Phi) is 4.92. The lowest BCUT2D eigenvalue weighted by Gasteiger charge is -2.38. The van der Waals surface area contributed by atoms with Crippen LogP contribution in [0.5, 0.6) is 0 Å². The van der Waals surface area contributed by atoms with Crippen molar-refractivity contribution in [1.82, 2.24) is 30.0 Å². The summed E-state index contributed by atoms with van der Waals surface area (Å²) in [5.74, 6) is 0.455. The van der Waals surface area contributed by atoms with Gasteiger partial charge in [0.2, 0.25) is 0 Å². The number of carbonyl (C=O) groups is 1. The third kappa shape index (κ3) is 3.86. The van der Waals surface area contributed by atoms with Crippen molar-refractivity contribution >= 4 is 15.7 Å². The summed E-state index contributed by atoms with van der Waals surface area (Å²) in [4.78, 5) is 17.2. The fourth-order valence-electron chi connectivity index (χ4n) is 3.87. The summed E-state index contributed by atoms with van der Waals surface area (Å²) in [6, 6.07) is 8.94. The highest BCUT2D eigenvalue weighted by Gasteiger charge is 2.36. The molecule has 0 bridgehead atoms. The highest BCUT2D eigenvalue weighted by molar-refractivity contribution is 7.91. The van der Waals surface area contributed by atoms with Crippen LogP contribution in [0.4, 0.5) is 0 Å². The zero-order chi connectivity index (χ0) is 18.9. The van der Waals surface area contributed by atoms with Gasteiger partial charge in [-0.25, -0.2) is 13.1 Å². The van der Waals surface area contributed by atoms with Crippen LogP contribution in [0, 0.1) is 0 Å². The van der Waals surface area contributed by atoms with Gasteiger partial charge in [-0.3, -0.25) is 9.69 Å². The van der Waals surface area contributed by atoms with Gasteiger partial charge in [0.25, 0.3) is 5.91 Å². The molecule has 1 amide bonds. The number of hydrogen-bond donors (Lipinski definition) is 0. The standard InChI is InChI=1S/C17H22N6O3S/c24-17(16(23-13-18-19-20-23)14-4-2-1-3-5-14)22-9-7-21(8-10-22)15-6-11-27(25,26)12-15/h1-5,13,15-16H,6-12H2/t15-,16-/m0/s1. The molecule has 3 heterocycles. The lowest BCUT2D eigenvalue weighted by molar-refractivity contribution is -0.135. The number of rotatable bonds is 4. The first kappa shape index (κ1) is 18.1. The molecular formula is C17H22N6O3S. The van der Waals surface area contributed by atoms with E-state index in [9.17, 15) is 13.2 Å². The van der Waals surface area contributed by atoms with Gasteiger partial charge in [-0.05, 0) is 22.4 Å². The number of benzene rings is 1. The maximum Gasteiger partial charge on any atom is 0.252 e. The normalized spacial score (nSPS) is 24.0. The Hall–Kier alpha value is -2.33. The Bertz CT molecular complexity index is 879. The van der Waals surface area contributed by atoms with Crippen molar-refractivity contribution in [2.45, 2.75) is 18.5 Å². The average molecular weight is 390 g/mol. The second-order valence-electron chi connectivity index (χ2n) is 7.02. The van der Waals surface area contributed by atoms with Crippen molar-refractivity contribution < 1.29 is 13.2 Å². The van der Waals surface area contributed by atoms with E-state index in [0.717, 1.165) is 5.56 Å². The Labute approximate surface area is 157 Å². The van der Waals surface area contributed by atoms with Crippen LogP contribution in [0.2, 0.25) is 0 Å². The van der Waals surface area contributed by atoms with Gasteiger partial charge in [0.1, 0.15) is 6.33 Å². The molecule has 144 valence electrons. The predicted molar refractivity (Wildman–Crippen MR) is 97.6 cm³/mol. The van der Waals surface area contributed by atoms with Gasteiger partial charge in [0.05, 0.1) is 11.5 Å². The smallest absolute Gasteiger partial charge is 0.252 e. The average Bonchev–Trinajstić information content (AvgIpc) is 3.33. The summed E-state index contributed by atoms with van der Waals surface area (Å²) >= 11 is 0. The third-order valence-electron chi connectivity index (χ3n) is 5.33. The number of carbonyl (C=O) groups excluding carboxylic acids is 1. The molecule has 27 heavy (non-hydrogen) atoms. The summed E-state index contributed by atoms with van der Waals surface area (Å²) in [7, 11) is -2.90. The van der Waals surface area contributed by atoms with Crippen molar-refractivity contribution in [1.29, 1.82) is 0 Å². The molecule has 4 rings (SSSR count). The molecule has 0 N–H and O–H groups in total. The van der Waals surface area contributed by atoms with Crippen molar-refractivity contribution in [3.05, 3.63) is 42.2 Å². The third-order valence-corrected chi connectivity index (χ3v) is 7.08. The molecule has 1 aromatic carbocycles. The highest BCUT2D eigenvalue weighted by Crippen LogP contribution is 2.23. The number of aromatic nitrogens is 4. The first-order valence-corrected chi connectivity index (χ1v) is 10.9. The quantitative estimate of drug-likeness (QED) is 0.700. The van der Waals surface area contributed by atoms with E-state index >= 15 is 0 Å².